The molecule has 0 heterocycles. The number of methoxy groups -OCH3 is 1. The Morgan fingerprint density at radius 3 is 2.52 bits per heavy atom. The van der Waals surface area contributed by atoms with Gasteiger partial charge in [-0.3, -0.25) is 9.59 Å². The molecule has 1 aliphatic carbocycles. The zero-order valence-corrected chi connectivity index (χ0v) is 14.3. The van der Waals surface area contributed by atoms with E-state index in [0.717, 1.165) is 25.7 Å². The highest BCUT2D eigenvalue weighted by Crippen LogP contribution is 2.24. The number of rotatable bonds is 5. The van der Waals surface area contributed by atoms with Crippen LogP contribution >= 0.6 is 11.6 Å². The Labute approximate surface area is 142 Å². The van der Waals surface area contributed by atoms with E-state index in [4.69, 9.17) is 16.3 Å². The molecule has 126 valence electrons. The highest BCUT2D eigenvalue weighted by atomic mass is 35.5. The molecule has 0 unspecified atom stereocenters. The number of ether oxygens (including phenoxy) is 1. The van der Waals surface area contributed by atoms with Crippen LogP contribution in [0.1, 0.15) is 55.3 Å². The maximum Gasteiger partial charge on any atom is 0.307 e. The molecule has 1 amide bonds. The Kier molecular flexibility index (Phi) is 6.90. The maximum absolute atomic E-state index is 12.9. The van der Waals surface area contributed by atoms with Crippen molar-refractivity contribution in [3.63, 3.8) is 0 Å². The van der Waals surface area contributed by atoms with Crippen molar-refractivity contribution in [2.75, 3.05) is 13.7 Å². The molecule has 4 nitrogen and oxygen atoms in total. The van der Waals surface area contributed by atoms with Crippen LogP contribution in [0.4, 0.5) is 0 Å². The summed E-state index contributed by atoms with van der Waals surface area (Å²) < 4.78 is 4.72. The quantitative estimate of drug-likeness (QED) is 0.601. The standard InChI is InChI=1S/C18H24ClNO3/c1-23-17(21)11-12-20(16-9-4-2-3-5-10-16)18(22)14-7-6-8-15(19)13-14/h6-8,13,16H,2-5,9-12H2,1H3. The number of carbonyl (C=O) groups excluding carboxylic acids is 2. The second-order valence-corrected chi connectivity index (χ2v) is 6.42. The van der Waals surface area contributed by atoms with Crippen molar-refractivity contribution in [1.29, 1.82) is 0 Å². The summed E-state index contributed by atoms with van der Waals surface area (Å²) in [5.74, 6) is -0.342. The van der Waals surface area contributed by atoms with Crippen LogP contribution in [0.25, 0.3) is 0 Å². The second-order valence-electron chi connectivity index (χ2n) is 5.98. The fourth-order valence-corrected chi connectivity index (χ4v) is 3.31. The number of carbonyl (C=O) groups is 2. The minimum absolute atomic E-state index is 0.0525. The number of nitrogens with zero attached hydrogens (tertiary/aromatic N) is 1. The summed E-state index contributed by atoms with van der Waals surface area (Å²) in [5, 5.41) is 0.546. The van der Waals surface area contributed by atoms with Crippen LogP contribution in [-0.2, 0) is 9.53 Å². The van der Waals surface area contributed by atoms with Gasteiger partial charge in [-0.25, -0.2) is 0 Å². The van der Waals surface area contributed by atoms with Gasteiger partial charge < -0.3 is 9.64 Å². The van der Waals surface area contributed by atoms with Crippen molar-refractivity contribution < 1.29 is 14.3 Å². The third-order valence-corrected chi connectivity index (χ3v) is 4.62. The molecule has 0 bridgehead atoms. The van der Waals surface area contributed by atoms with Crippen molar-refractivity contribution >= 4 is 23.5 Å². The lowest BCUT2D eigenvalue weighted by Gasteiger charge is -2.31. The van der Waals surface area contributed by atoms with Gasteiger partial charge in [0, 0.05) is 23.2 Å². The van der Waals surface area contributed by atoms with Crippen LogP contribution in [0, 0.1) is 0 Å². The Hall–Kier alpha value is -1.55. The summed E-state index contributed by atoms with van der Waals surface area (Å²) in [7, 11) is 1.37. The summed E-state index contributed by atoms with van der Waals surface area (Å²) in [6.45, 7) is 0.392. The molecule has 1 aliphatic rings. The van der Waals surface area contributed by atoms with E-state index in [0.29, 0.717) is 17.1 Å². The summed E-state index contributed by atoms with van der Waals surface area (Å²) in [6.07, 6.45) is 6.89. The van der Waals surface area contributed by atoms with Crippen molar-refractivity contribution in [2.45, 2.75) is 51.0 Å². The molecule has 1 aromatic rings. The lowest BCUT2D eigenvalue weighted by Crippen LogP contribution is -2.41. The van der Waals surface area contributed by atoms with Crippen molar-refractivity contribution in [1.82, 2.24) is 4.90 Å². The normalized spacial score (nSPS) is 15.7. The van der Waals surface area contributed by atoms with Gasteiger partial charge in [0.1, 0.15) is 0 Å². The lowest BCUT2D eigenvalue weighted by atomic mass is 10.0. The van der Waals surface area contributed by atoms with Gasteiger partial charge in [-0.2, -0.15) is 0 Å². The Balaban J connectivity index is 2.16. The molecule has 1 saturated carbocycles. The molecule has 0 N–H and O–H groups in total. The lowest BCUT2D eigenvalue weighted by molar-refractivity contribution is -0.140. The molecule has 0 aromatic heterocycles. The van der Waals surface area contributed by atoms with Gasteiger partial charge in [0.15, 0.2) is 0 Å². The number of amides is 1. The SMILES string of the molecule is COC(=O)CCN(C(=O)c1cccc(Cl)c1)C1CCCCCC1. The molecule has 23 heavy (non-hydrogen) atoms. The molecule has 5 heteroatoms. The van der Waals surface area contributed by atoms with Gasteiger partial charge >= 0.3 is 5.97 Å². The van der Waals surface area contributed by atoms with Gasteiger partial charge in [-0.15, -0.1) is 0 Å². The first-order valence-electron chi connectivity index (χ1n) is 8.25. The highest BCUT2D eigenvalue weighted by molar-refractivity contribution is 6.30. The van der Waals surface area contributed by atoms with Gasteiger partial charge in [-0.05, 0) is 31.0 Å². The van der Waals surface area contributed by atoms with Gasteiger partial charge in [0.25, 0.3) is 5.91 Å². The topological polar surface area (TPSA) is 46.6 Å². The largest absolute Gasteiger partial charge is 0.469 e. The van der Waals surface area contributed by atoms with E-state index in [2.05, 4.69) is 0 Å². The molecule has 0 atom stereocenters. The molecule has 2 rings (SSSR count). The smallest absolute Gasteiger partial charge is 0.307 e. The van der Waals surface area contributed by atoms with Crippen molar-refractivity contribution in [2.24, 2.45) is 0 Å². The minimum atomic E-state index is -0.289. The first-order chi connectivity index (χ1) is 11.1. The number of benzene rings is 1. The van der Waals surface area contributed by atoms with Gasteiger partial charge in [0.05, 0.1) is 13.5 Å². The van der Waals surface area contributed by atoms with E-state index < -0.39 is 0 Å². The number of hydrogen-bond donors (Lipinski definition) is 0. The molecule has 0 spiro atoms. The predicted molar refractivity (Wildman–Crippen MR) is 90.6 cm³/mol. The van der Waals surface area contributed by atoms with Crippen LogP contribution < -0.4 is 0 Å². The van der Waals surface area contributed by atoms with E-state index in [1.807, 2.05) is 4.90 Å². The third kappa shape index (κ3) is 5.24. The molecular formula is C18H24ClNO3. The van der Waals surface area contributed by atoms with Crippen LogP contribution in [0.5, 0.6) is 0 Å². The van der Waals surface area contributed by atoms with E-state index in [9.17, 15) is 9.59 Å². The van der Waals surface area contributed by atoms with Gasteiger partial charge in [0.2, 0.25) is 0 Å². The first kappa shape index (κ1) is 17.8. The van der Waals surface area contributed by atoms with Crippen LogP contribution in [0.2, 0.25) is 5.02 Å². The van der Waals surface area contributed by atoms with Crippen molar-refractivity contribution in [3.05, 3.63) is 34.9 Å². The average Bonchev–Trinajstić information content (AvgIpc) is 2.84. The Morgan fingerprint density at radius 2 is 1.91 bits per heavy atom. The monoisotopic (exact) mass is 337 g/mol. The second kappa shape index (κ2) is 8.92. The Morgan fingerprint density at radius 1 is 1.22 bits per heavy atom. The summed E-state index contributed by atoms with van der Waals surface area (Å²) in [4.78, 5) is 26.3. The fraction of sp³-hybridized carbons (Fsp3) is 0.556. The third-order valence-electron chi connectivity index (χ3n) is 4.38. The number of halogens is 1. The molecule has 1 aromatic carbocycles. The van der Waals surface area contributed by atoms with E-state index in [1.165, 1.54) is 20.0 Å². The van der Waals surface area contributed by atoms with E-state index >= 15 is 0 Å². The number of esters is 1. The molecule has 0 radical (unpaired) electrons. The highest BCUT2D eigenvalue weighted by Gasteiger charge is 2.26. The van der Waals surface area contributed by atoms with Crippen LogP contribution in [0.3, 0.4) is 0 Å². The minimum Gasteiger partial charge on any atom is -0.469 e. The zero-order valence-electron chi connectivity index (χ0n) is 13.6. The summed E-state index contributed by atoms with van der Waals surface area (Å²) in [6, 6.07) is 7.18. The number of hydrogen-bond acceptors (Lipinski definition) is 3. The molecule has 0 saturated heterocycles. The predicted octanol–water partition coefficient (Wildman–Crippen LogP) is 4.07. The fourth-order valence-electron chi connectivity index (χ4n) is 3.12. The van der Waals surface area contributed by atoms with E-state index in [-0.39, 0.29) is 24.3 Å². The maximum atomic E-state index is 12.9. The summed E-state index contributed by atoms with van der Waals surface area (Å²) in [5.41, 5.74) is 0.576. The van der Waals surface area contributed by atoms with E-state index in [1.54, 1.807) is 24.3 Å². The van der Waals surface area contributed by atoms with Crippen LogP contribution in [-0.4, -0.2) is 36.5 Å². The zero-order chi connectivity index (χ0) is 16.7. The van der Waals surface area contributed by atoms with Crippen LogP contribution in [0.15, 0.2) is 24.3 Å². The first-order valence-corrected chi connectivity index (χ1v) is 8.63. The van der Waals surface area contributed by atoms with Gasteiger partial charge in [-0.1, -0.05) is 43.4 Å². The molecule has 1 fully saturated rings. The average molecular weight is 338 g/mol. The molecular weight excluding hydrogens is 314 g/mol. The summed E-state index contributed by atoms with van der Waals surface area (Å²) >= 11 is 6.01. The molecule has 0 aliphatic heterocycles. The Bertz CT molecular complexity index is 539. The van der Waals surface area contributed by atoms with Crippen molar-refractivity contribution in [3.8, 4) is 0 Å².